The minimum Gasteiger partial charge on any atom is -0.330 e. The zero-order chi connectivity index (χ0) is 19.2. The third-order valence-corrected chi connectivity index (χ3v) is 4.10. The van der Waals surface area contributed by atoms with Crippen LogP contribution in [0.3, 0.4) is 0 Å². The lowest BCUT2D eigenvalue weighted by Gasteiger charge is -2.24. The molecular weight excluding hydrogens is 308 g/mol. The Morgan fingerprint density at radius 3 is 2.32 bits per heavy atom. The quantitative estimate of drug-likeness (QED) is 0.418. The van der Waals surface area contributed by atoms with E-state index in [1.165, 1.54) is 22.6 Å². The maximum atomic E-state index is 5.66. The molecule has 0 rings (SSSR count). The van der Waals surface area contributed by atoms with Gasteiger partial charge in [0.05, 0.1) is 5.71 Å². The number of hydrogen-bond acceptors (Lipinski definition) is 4. The van der Waals surface area contributed by atoms with Gasteiger partial charge in [0.15, 0.2) is 0 Å². The molecule has 0 saturated heterocycles. The smallest absolute Gasteiger partial charge is 0.0511 e. The molecule has 0 atom stereocenters. The van der Waals surface area contributed by atoms with Crippen LogP contribution >= 0.6 is 0 Å². The van der Waals surface area contributed by atoms with Crippen LogP contribution in [0.2, 0.25) is 0 Å². The van der Waals surface area contributed by atoms with Crippen LogP contribution in [0.25, 0.3) is 0 Å². The van der Waals surface area contributed by atoms with E-state index in [0.717, 1.165) is 45.4 Å². The first-order valence-corrected chi connectivity index (χ1v) is 9.59. The molecule has 0 aromatic heterocycles. The van der Waals surface area contributed by atoms with Gasteiger partial charge in [0, 0.05) is 32.0 Å². The van der Waals surface area contributed by atoms with Crippen molar-refractivity contribution in [3.63, 3.8) is 0 Å². The highest BCUT2D eigenvalue weighted by Crippen LogP contribution is 2.09. The molecule has 0 aromatic rings. The Balaban J connectivity index is 5.09. The van der Waals surface area contributed by atoms with Crippen molar-refractivity contribution in [1.29, 1.82) is 0 Å². The lowest BCUT2D eigenvalue weighted by molar-refractivity contribution is 0.329. The summed E-state index contributed by atoms with van der Waals surface area (Å²) in [7, 11) is 1.89. The third-order valence-electron chi connectivity index (χ3n) is 4.10. The van der Waals surface area contributed by atoms with E-state index in [9.17, 15) is 0 Å². The Hall–Kier alpha value is -1.26. The average molecular weight is 349 g/mol. The van der Waals surface area contributed by atoms with E-state index in [1.807, 2.05) is 13.2 Å². The molecule has 0 aliphatic rings. The summed E-state index contributed by atoms with van der Waals surface area (Å²) in [5.41, 5.74) is 10.6. The van der Waals surface area contributed by atoms with Crippen LogP contribution in [0.5, 0.6) is 0 Å². The fourth-order valence-electron chi connectivity index (χ4n) is 2.58. The Bertz CT molecular complexity index is 484. The fourth-order valence-corrected chi connectivity index (χ4v) is 2.58. The average Bonchev–Trinajstić information content (AvgIpc) is 2.56. The van der Waals surface area contributed by atoms with Gasteiger partial charge in [0.2, 0.25) is 0 Å². The molecular formula is C21H40N4. The Morgan fingerprint density at radius 2 is 1.80 bits per heavy atom. The Morgan fingerprint density at radius 1 is 1.12 bits per heavy atom. The molecule has 0 amide bonds. The molecule has 0 spiro atoms. The molecule has 0 saturated carbocycles. The summed E-state index contributed by atoms with van der Waals surface area (Å²) in [5.74, 6) is 0.537. The topological polar surface area (TPSA) is 54.0 Å². The summed E-state index contributed by atoms with van der Waals surface area (Å²) < 4.78 is 0. The predicted octanol–water partition coefficient (Wildman–Crippen LogP) is 4.48. The maximum Gasteiger partial charge on any atom is 0.0511 e. The fraction of sp³-hybridized carbons (Fsp3) is 0.714. The molecule has 0 fully saturated rings. The van der Waals surface area contributed by atoms with Gasteiger partial charge < -0.3 is 5.73 Å². The van der Waals surface area contributed by atoms with Gasteiger partial charge in [-0.1, -0.05) is 26.8 Å². The van der Waals surface area contributed by atoms with Crippen LogP contribution in [0.4, 0.5) is 0 Å². The summed E-state index contributed by atoms with van der Waals surface area (Å²) in [6.45, 7) is 16.5. The number of nitrogens with zero attached hydrogens (tertiary/aromatic N) is 3. The minimum absolute atomic E-state index is 0.537. The van der Waals surface area contributed by atoms with Crippen LogP contribution in [0.15, 0.2) is 33.4 Å². The highest BCUT2D eigenvalue weighted by atomic mass is 15.1. The number of unbranched alkanes of at least 4 members (excludes halogenated alkanes) is 1. The van der Waals surface area contributed by atoms with Gasteiger partial charge in [-0.15, -0.1) is 0 Å². The van der Waals surface area contributed by atoms with Gasteiger partial charge >= 0.3 is 0 Å². The van der Waals surface area contributed by atoms with Crippen molar-refractivity contribution in [2.75, 3.05) is 33.2 Å². The molecule has 0 aliphatic carbocycles. The van der Waals surface area contributed by atoms with Crippen LogP contribution in [-0.2, 0) is 0 Å². The summed E-state index contributed by atoms with van der Waals surface area (Å²) >= 11 is 0. The van der Waals surface area contributed by atoms with Crippen molar-refractivity contribution >= 4 is 11.4 Å². The molecule has 25 heavy (non-hydrogen) atoms. The largest absolute Gasteiger partial charge is 0.330 e. The van der Waals surface area contributed by atoms with Crippen molar-refractivity contribution in [3.05, 3.63) is 23.4 Å². The zero-order valence-corrected chi connectivity index (χ0v) is 17.6. The van der Waals surface area contributed by atoms with Gasteiger partial charge in [-0.25, -0.2) is 0 Å². The van der Waals surface area contributed by atoms with E-state index in [4.69, 9.17) is 5.73 Å². The zero-order valence-electron chi connectivity index (χ0n) is 17.6. The number of hydrogen-bond donors (Lipinski definition) is 1. The van der Waals surface area contributed by atoms with Crippen molar-refractivity contribution in [3.8, 4) is 0 Å². The molecule has 0 aliphatic heterocycles. The normalized spacial score (nSPS) is 14.8. The molecule has 0 bridgehead atoms. The van der Waals surface area contributed by atoms with E-state index in [2.05, 4.69) is 62.5 Å². The third kappa shape index (κ3) is 11.8. The van der Waals surface area contributed by atoms with E-state index in [-0.39, 0.29) is 0 Å². The second-order valence-electron chi connectivity index (χ2n) is 7.16. The van der Waals surface area contributed by atoms with Crippen LogP contribution in [0, 0.1) is 5.92 Å². The van der Waals surface area contributed by atoms with Gasteiger partial charge in [-0.2, -0.15) is 0 Å². The van der Waals surface area contributed by atoms with Gasteiger partial charge in [0.1, 0.15) is 0 Å². The van der Waals surface area contributed by atoms with Crippen molar-refractivity contribution in [2.45, 2.75) is 60.8 Å². The van der Waals surface area contributed by atoms with E-state index >= 15 is 0 Å². The summed E-state index contributed by atoms with van der Waals surface area (Å²) in [6, 6.07) is 0. The first-order chi connectivity index (χ1) is 11.8. The molecule has 4 nitrogen and oxygen atoms in total. The highest BCUT2D eigenvalue weighted by molar-refractivity contribution is 6.01. The second kappa shape index (κ2) is 14.0. The number of rotatable bonds is 12. The van der Waals surface area contributed by atoms with Gasteiger partial charge in [0.25, 0.3) is 0 Å². The molecule has 0 heterocycles. The summed E-state index contributed by atoms with van der Waals surface area (Å²) in [6.07, 6.45) is 7.47. The molecule has 144 valence electrons. The van der Waals surface area contributed by atoms with Gasteiger partial charge in [-0.3, -0.25) is 14.9 Å². The monoisotopic (exact) mass is 348 g/mol. The van der Waals surface area contributed by atoms with Crippen LogP contribution < -0.4 is 5.73 Å². The van der Waals surface area contributed by atoms with E-state index in [0.29, 0.717) is 5.92 Å². The first-order valence-electron chi connectivity index (χ1n) is 9.59. The van der Waals surface area contributed by atoms with E-state index < -0.39 is 0 Å². The summed E-state index contributed by atoms with van der Waals surface area (Å²) in [5, 5.41) is 0. The molecule has 0 aromatic carbocycles. The number of allylic oxidation sites excluding steroid dienone is 1. The highest BCUT2D eigenvalue weighted by Gasteiger charge is 2.11. The number of aliphatic imine (C=N–C) groups is 2. The molecule has 0 radical (unpaired) electrons. The van der Waals surface area contributed by atoms with Crippen molar-refractivity contribution in [1.82, 2.24) is 4.90 Å². The molecule has 0 unspecified atom stereocenters. The van der Waals surface area contributed by atoms with Gasteiger partial charge in [-0.05, 0) is 70.2 Å². The maximum absolute atomic E-state index is 5.66. The minimum atomic E-state index is 0.537. The van der Waals surface area contributed by atoms with Crippen molar-refractivity contribution in [2.24, 2.45) is 21.6 Å². The standard InChI is InChI=1S/C21H40N4/c1-8-20(6)24-14-18(4)15-25(12-10-9-11-22)16-21(23-7)19(5)13-17(2)3/h13-14,17H,8-12,15-16,22H2,1-7H3/b18-14+,19-13-,23-21-,24-20-. The lowest BCUT2D eigenvalue weighted by Crippen LogP contribution is -2.33. The summed E-state index contributed by atoms with van der Waals surface area (Å²) in [4.78, 5) is 11.5. The first kappa shape index (κ1) is 23.7. The SMILES string of the molecule is CC/C(C)=N\C=C(/C)CN(CCCCN)CC(=N/C)/C(C)=C\C(C)C. The Labute approximate surface area is 156 Å². The van der Waals surface area contributed by atoms with Crippen LogP contribution in [-0.4, -0.2) is 49.5 Å². The Kier molecular flexibility index (Phi) is 13.3. The van der Waals surface area contributed by atoms with Crippen LogP contribution in [0.1, 0.15) is 60.8 Å². The molecule has 2 N–H and O–H groups in total. The second-order valence-corrected chi connectivity index (χ2v) is 7.16. The predicted molar refractivity (Wildman–Crippen MR) is 114 cm³/mol. The lowest BCUT2D eigenvalue weighted by atomic mass is 10.1. The van der Waals surface area contributed by atoms with Crippen molar-refractivity contribution < 1.29 is 0 Å². The number of nitrogens with two attached hydrogens (primary N) is 1. The van der Waals surface area contributed by atoms with E-state index in [1.54, 1.807) is 0 Å². The molecule has 4 heteroatoms.